The van der Waals surface area contributed by atoms with Gasteiger partial charge in [-0.2, -0.15) is 5.10 Å². The van der Waals surface area contributed by atoms with Gasteiger partial charge >= 0.3 is 0 Å². The maximum Gasteiger partial charge on any atom is 0.278 e. The number of hydrogen-bond acceptors (Lipinski definition) is 4. The van der Waals surface area contributed by atoms with Crippen LogP contribution in [0.4, 0.5) is 5.69 Å². The summed E-state index contributed by atoms with van der Waals surface area (Å²) in [5, 5.41) is 15.6. The van der Waals surface area contributed by atoms with Crippen molar-refractivity contribution in [1.82, 2.24) is 9.78 Å². The van der Waals surface area contributed by atoms with E-state index < -0.39 is 4.92 Å². The minimum Gasteiger partial charge on any atom is -0.298 e. The van der Waals surface area contributed by atoms with Crippen molar-refractivity contribution in [3.63, 3.8) is 0 Å². The van der Waals surface area contributed by atoms with Crippen LogP contribution in [0.2, 0.25) is 0 Å². The van der Waals surface area contributed by atoms with E-state index in [2.05, 4.69) is 21.0 Å². The van der Waals surface area contributed by atoms with E-state index in [4.69, 9.17) is 0 Å². The van der Waals surface area contributed by atoms with Crippen LogP contribution in [0.3, 0.4) is 0 Å². The topological polar surface area (TPSA) is 78.0 Å². The van der Waals surface area contributed by atoms with E-state index in [-0.39, 0.29) is 11.2 Å². The zero-order valence-electron chi connectivity index (χ0n) is 11.8. The van der Waals surface area contributed by atoms with Gasteiger partial charge in [0.05, 0.1) is 21.6 Å². The standard InChI is InChI=1S/C14H14BrN3O3/c1-14(2,3)17-13(15)10(8-19)12(16-17)9-6-4-5-7-11(9)18(20)21/h4-8H,1-3H3. The molecule has 0 aliphatic carbocycles. The van der Waals surface area contributed by atoms with Gasteiger partial charge in [-0.15, -0.1) is 0 Å². The summed E-state index contributed by atoms with van der Waals surface area (Å²) in [6.07, 6.45) is 0.658. The summed E-state index contributed by atoms with van der Waals surface area (Å²) in [7, 11) is 0. The lowest BCUT2D eigenvalue weighted by Crippen LogP contribution is -2.23. The van der Waals surface area contributed by atoms with Gasteiger partial charge < -0.3 is 0 Å². The van der Waals surface area contributed by atoms with Crippen molar-refractivity contribution in [3.8, 4) is 11.3 Å². The number of nitro benzene ring substituents is 1. The molecule has 1 aromatic carbocycles. The Morgan fingerprint density at radius 2 is 1.95 bits per heavy atom. The first kappa shape index (κ1) is 15.4. The zero-order chi connectivity index (χ0) is 15.8. The molecule has 0 unspecified atom stereocenters. The number of carbonyl (C=O) groups is 1. The lowest BCUT2D eigenvalue weighted by Gasteiger charge is -2.20. The van der Waals surface area contributed by atoms with Crippen molar-refractivity contribution >= 4 is 27.9 Å². The molecule has 0 aliphatic heterocycles. The van der Waals surface area contributed by atoms with Crippen LogP contribution in [0.5, 0.6) is 0 Å². The highest BCUT2D eigenvalue weighted by Gasteiger charge is 2.27. The number of hydrogen-bond donors (Lipinski definition) is 0. The van der Waals surface area contributed by atoms with E-state index in [1.807, 2.05) is 20.8 Å². The van der Waals surface area contributed by atoms with Crippen molar-refractivity contribution in [1.29, 1.82) is 0 Å². The van der Waals surface area contributed by atoms with Gasteiger partial charge in [0.2, 0.25) is 0 Å². The van der Waals surface area contributed by atoms with Gasteiger partial charge in [-0.3, -0.25) is 19.6 Å². The molecule has 0 spiro atoms. The van der Waals surface area contributed by atoms with Crippen LogP contribution in [0.25, 0.3) is 11.3 Å². The van der Waals surface area contributed by atoms with Gasteiger partial charge in [-0.05, 0) is 42.8 Å². The second kappa shape index (κ2) is 5.40. The van der Waals surface area contributed by atoms with Crippen LogP contribution in [0.15, 0.2) is 28.9 Å². The summed E-state index contributed by atoms with van der Waals surface area (Å²) in [5.41, 5.74) is 0.497. The smallest absolute Gasteiger partial charge is 0.278 e. The second-order valence-electron chi connectivity index (χ2n) is 5.53. The van der Waals surface area contributed by atoms with Crippen LogP contribution >= 0.6 is 15.9 Å². The predicted octanol–water partition coefficient (Wildman–Crippen LogP) is 3.79. The zero-order valence-corrected chi connectivity index (χ0v) is 13.4. The highest BCUT2D eigenvalue weighted by molar-refractivity contribution is 9.10. The van der Waals surface area contributed by atoms with E-state index in [9.17, 15) is 14.9 Å². The number of nitro groups is 1. The molecular formula is C14H14BrN3O3. The molecular weight excluding hydrogens is 338 g/mol. The molecule has 0 fully saturated rings. The Labute approximate surface area is 130 Å². The van der Waals surface area contributed by atoms with E-state index in [1.54, 1.807) is 22.9 Å². The van der Waals surface area contributed by atoms with Gasteiger partial charge in [0, 0.05) is 6.07 Å². The fourth-order valence-corrected chi connectivity index (χ4v) is 2.88. The van der Waals surface area contributed by atoms with Crippen LogP contribution in [0, 0.1) is 10.1 Å². The third kappa shape index (κ3) is 2.73. The van der Waals surface area contributed by atoms with Crippen molar-refractivity contribution in [2.45, 2.75) is 26.3 Å². The Morgan fingerprint density at radius 3 is 2.48 bits per heavy atom. The first-order chi connectivity index (χ1) is 9.77. The minimum absolute atomic E-state index is 0.0772. The number of para-hydroxylation sites is 1. The molecule has 1 heterocycles. The number of aromatic nitrogens is 2. The molecule has 0 amide bonds. The van der Waals surface area contributed by atoms with Gasteiger partial charge in [-0.25, -0.2) is 0 Å². The van der Waals surface area contributed by atoms with Crippen LogP contribution in [0.1, 0.15) is 31.1 Å². The van der Waals surface area contributed by atoms with Crippen molar-refractivity contribution in [3.05, 3.63) is 44.5 Å². The molecule has 0 aliphatic rings. The summed E-state index contributed by atoms with van der Waals surface area (Å²) in [6, 6.07) is 6.25. The molecule has 0 saturated heterocycles. The number of aldehydes is 1. The summed E-state index contributed by atoms with van der Waals surface area (Å²) >= 11 is 3.36. The Balaban J connectivity index is 2.77. The predicted molar refractivity (Wildman–Crippen MR) is 82.4 cm³/mol. The molecule has 0 saturated carbocycles. The van der Waals surface area contributed by atoms with E-state index in [0.717, 1.165) is 0 Å². The number of halogens is 1. The first-order valence-corrected chi connectivity index (χ1v) is 7.04. The fourth-order valence-electron chi connectivity index (χ4n) is 1.99. The molecule has 0 N–H and O–H groups in total. The first-order valence-electron chi connectivity index (χ1n) is 6.25. The van der Waals surface area contributed by atoms with E-state index in [1.165, 1.54) is 6.07 Å². The maximum atomic E-state index is 11.4. The number of nitrogens with zero attached hydrogens (tertiary/aromatic N) is 3. The van der Waals surface area contributed by atoms with Gasteiger partial charge in [0.1, 0.15) is 10.3 Å². The average molecular weight is 352 g/mol. The average Bonchev–Trinajstić information content (AvgIpc) is 2.75. The number of benzene rings is 1. The van der Waals surface area contributed by atoms with Crippen molar-refractivity contribution < 1.29 is 9.72 Å². The molecule has 6 nitrogen and oxygen atoms in total. The molecule has 2 rings (SSSR count). The minimum atomic E-state index is -0.478. The highest BCUT2D eigenvalue weighted by atomic mass is 79.9. The van der Waals surface area contributed by atoms with Crippen molar-refractivity contribution in [2.75, 3.05) is 0 Å². The van der Waals surface area contributed by atoms with Crippen LogP contribution in [-0.2, 0) is 5.54 Å². The van der Waals surface area contributed by atoms with Gasteiger partial charge in [0.15, 0.2) is 6.29 Å². The number of rotatable bonds is 3. The van der Waals surface area contributed by atoms with Crippen LogP contribution < -0.4 is 0 Å². The summed E-state index contributed by atoms with van der Waals surface area (Å²) in [6.45, 7) is 5.80. The fraction of sp³-hybridized carbons (Fsp3) is 0.286. The molecule has 110 valence electrons. The Hall–Kier alpha value is -2.02. The molecule has 0 atom stereocenters. The SMILES string of the molecule is CC(C)(C)n1nc(-c2ccccc2[N+](=O)[O-])c(C=O)c1Br. The van der Waals surface area contributed by atoms with E-state index in [0.29, 0.717) is 27.7 Å². The Bertz CT molecular complexity index is 717. The summed E-state index contributed by atoms with van der Waals surface area (Å²) < 4.78 is 2.15. The normalized spacial score (nSPS) is 11.4. The van der Waals surface area contributed by atoms with Crippen molar-refractivity contribution in [2.24, 2.45) is 0 Å². The monoisotopic (exact) mass is 351 g/mol. The molecule has 2 aromatic rings. The Kier molecular flexibility index (Phi) is 3.95. The highest BCUT2D eigenvalue weighted by Crippen LogP contribution is 2.35. The summed E-state index contributed by atoms with van der Waals surface area (Å²) in [5.74, 6) is 0. The number of carbonyl (C=O) groups excluding carboxylic acids is 1. The Morgan fingerprint density at radius 1 is 1.33 bits per heavy atom. The summed E-state index contributed by atoms with van der Waals surface area (Å²) in [4.78, 5) is 22.1. The molecule has 21 heavy (non-hydrogen) atoms. The van der Waals surface area contributed by atoms with E-state index >= 15 is 0 Å². The quantitative estimate of drug-likeness (QED) is 0.478. The third-order valence-corrected chi connectivity index (χ3v) is 3.74. The lowest BCUT2D eigenvalue weighted by molar-refractivity contribution is -0.384. The van der Waals surface area contributed by atoms with Crippen LogP contribution in [-0.4, -0.2) is 21.0 Å². The maximum absolute atomic E-state index is 11.4. The van der Waals surface area contributed by atoms with Gasteiger partial charge in [0.25, 0.3) is 5.69 Å². The van der Waals surface area contributed by atoms with Gasteiger partial charge in [-0.1, -0.05) is 12.1 Å². The second-order valence-corrected chi connectivity index (χ2v) is 6.28. The molecule has 0 bridgehead atoms. The largest absolute Gasteiger partial charge is 0.298 e. The molecule has 0 radical (unpaired) electrons. The molecule has 7 heteroatoms. The lowest BCUT2D eigenvalue weighted by atomic mass is 10.1. The molecule has 1 aromatic heterocycles. The third-order valence-electron chi connectivity index (χ3n) is 2.97.